The summed E-state index contributed by atoms with van der Waals surface area (Å²) in [5.74, 6) is 1.72. The summed E-state index contributed by atoms with van der Waals surface area (Å²) in [4.78, 5) is 6.47. The van der Waals surface area contributed by atoms with Gasteiger partial charge in [-0.05, 0) is 46.6 Å². The zero-order valence-electron chi connectivity index (χ0n) is 10.6. The van der Waals surface area contributed by atoms with Crippen LogP contribution in [0.15, 0.2) is 41.0 Å². The summed E-state index contributed by atoms with van der Waals surface area (Å²) in [6.07, 6.45) is 1.86. The molecule has 0 aliphatic heterocycles. The molecule has 1 heterocycles. The van der Waals surface area contributed by atoms with E-state index < -0.39 is 0 Å². The zero-order valence-corrected chi connectivity index (χ0v) is 12.2. The molecule has 0 amide bonds. The van der Waals surface area contributed by atoms with E-state index in [1.165, 1.54) is 0 Å². The van der Waals surface area contributed by atoms with Crippen LogP contribution in [0.1, 0.15) is 5.56 Å². The van der Waals surface area contributed by atoms with Gasteiger partial charge in [-0.1, -0.05) is 6.07 Å². The second kappa shape index (κ2) is 5.40. The van der Waals surface area contributed by atoms with E-state index in [4.69, 9.17) is 4.74 Å². The quantitative estimate of drug-likeness (QED) is 0.859. The summed E-state index contributed by atoms with van der Waals surface area (Å²) in [5, 5.41) is 0. The van der Waals surface area contributed by atoms with Crippen molar-refractivity contribution in [1.82, 2.24) is 4.98 Å². The Kier molecular flexibility index (Phi) is 3.87. The van der Waals surface area contributed by atoms with Crippen molar-refractivity contribution in [3.8, 4) is 5.75 Å². The molecule has 0 radical (unpaired) electrons. The highest BCUT2D eigenvalue weighted by atomic mass is 79.9. The Morgan fingerprint density at radius 3 is 2.72 bits per heavy atom. The number of halogens is 1. The number of hydrogen-bond acceptors (Lipinski definition) is 3. The standard InChI is InChI=1S/C14H15BrN2O/c1-10-7-13(15)14(16-9-10)17(2)11-5-4-6-12(8-11)18-3/h4-9H,1-3H3. The van der Waals surface area contributed by atoms with Gasteiger partial charge in [-0.3, -0.25) is 0 Å². The van der Waals surface area contributed by atoms with Gasteiger partial charge in [0.15, 0.2) is 0 Å². The Bertz CT molecular complexity index is 557. The maximum Gasteiger partial charge on any atom is 0.147 e. The minimum absolute atomic E-state index is 0.836. The minimum Gasteiger partial charge on any atom is -0.497 e. The van der Waals surface area contributed by atoms with Crippen molar-refractivity contribution in [2.45, 2.75) is 6.92 Å². The highest BCUT2D eigenvalue weighted by Crippen LogP contribution is 2.30. The normalized spacial score (nSPS) is 10.2. The van der Waals surface area contributed by atoms with E-state index in [1.807, 2.05) is 49.3 Å². The van der Waals surface area contributed by atoms with Crippen LogP contribution in [-0.2, 0) is 0 Å². The molecule has 0 N–H and O–H groups in total. The topological polar surface area (TPSA) is 25.4 Å². The predicted octanol–water partition coefficient (Wildman–Crippen LogP) is 3.93. The van der Waals surface area contributed by atoms with Gasteiger partial charge in [-0.25, -0.2) is 4.98 Å². The number of aryl methyl sites for hydroxylation is 1. The van der Waals surface area contributed by atoms with Gasteiger partial charge in [-0.15, -0.1) is 0 Å². The number of pyridine rings is 1. The first-order valence-electron chi connectivity index (χ1n) is 5.61. The molecule has 0 atom stereocenters. The average molecular weight is 307 g/mol. The van der Waals surface area contributed by atoms with Crippen molar-refractivity contribution >= 4 is 27.4 Å². The van der Waals surface area contributed by atoms with Gasteiger partial charge in [-0.2, -0.15) is 0 Å². The van der Waals surface area contributed by atoms with E-state index in [2.05, 4.69) is 27.0 Å². The lowest BCUT2D eigenvalue weighted by Crippen LogP contribution is -2.12. The summed E-state index contributed by atoms with van der Waals surface area (Å²) >= 11 is 3.55. The van der Waals surface area contributed by atoms with Crippen LogP contribution in [0.4, 0.5) is 11.5 Å². The predicted molar refractivity (Wildman–Crippen MR) is 77.7 cm³/mol. The lowest BCUT2D eigenvalue weighted by molar-refractivity contribution is 0.415. The first kappa shape index (κ1) is 12.9. The van der Waals surface area contributed by atoms with E-state index in [-0.39, 0.29) is 0 Å². The molecule has 18 heavy (non-hydrogen) atoms. The molecule has 0 fully saturated rings. The van der Waals surface area contributed by atoms with Crippen molar-refractivity contribution < 1.29 is 4.74 Å². The molecular weight excluding hydrogens is 292 g/mol. The molecule has 0 aliphatic carbocycles. The SMILES string of the molecule is COc1cccc(N(C)c2ncc(C)cc2Br)c1. The van der Waals surface area contributed by atoms with Crippen LogP contribution in [0.2, 0.25) is 0 Å². The minimum atomic E-state index is 0.836. The van der Waals surface area contributed by atoms with Crippen molar-refractivity contribution in [2.75, 3.05) is 19.1 Å². The maximum atomic E-state index is 5.23. The number of aromatic nitrogens is 1. The molecule has 1 aromatic carbocycles. The molecule has 2 rings (SSSR count). The first-order valence-corrected chi connectivity index (χ1v) is 6.41. The smallest absolute Gasteiger partial charge is 0.147 e. The molecular formula is C14H15BrN2O. The Morgan fingerprint density at radius 1 is 1.28 bits per heavy atom. The zero-order chi connectivity index (χ0) is 13.1. The molecule has 0 unspecified atom stereocenters. The van der Waals surface area contributed by atoms with Gasteiger partial charge in [0.1, 0.15) is 11.6 Å². The van der Waals surface area contributed by atoms with E-state index >= 15 is 0 Å². The van der Waals surface area contributed by atoms with Crippen LogP contribution in [0.3, 0.4) is 0 Å². The maximum absolute atomic E-state index is 5.23. The van der Waals surface area contributed by atoms with Gasteiger partial charge in [0.25, 0.3) is 0 Å². The average Bonchev–Trinajstić information content (AvgIpc) is 2.38. The van der Waals surface area contributed by atoms with Crippen LogP contribution in [0.25, 0.3) is 0 Å². The fraction of sp³-hybridized carbons (Fsp3) is 0.214. The van der Waals surface area contributed by atoms with Crippen molar-refractivity contribution in [3.05, 3.63) is 46.6 Å². The van der Waals surface area contributed by atoms with Crippen LogP contribution in [0, 0.1) is 6.92 Å². The molecule has 4 heteroatoms. The van der Waals surface area contributed by atoms with E-state index in [9.17, 15) is 0 Å². The Morgan fingerprint density at radius 2 is 2.06 bits per heavy atom. The third-order valence-corrected chi connectivity index (χ3v) is 3.30. The number of methoxy groups -OCH3 is 1. The van der Waals surface area contributed by atoms with Crippen LogP contribution in [-0.4, -0.2) is 19.1 Å². The molecule has 0 spiro atoms. The number of nitrogens with zero attached hydrogens (tertiary/aromatic N) is 2. The second-order valence-electron chi connectivity index (χ2n) is 4.08. The van der Waals surface area contributed by atoms with Crippen LogP contribution >= 0.6 is 15.9 Å². The largest absolute Gasteiger partial charge is 0.497 e. The molecule has 94 valence electrons. The highest BCUT2D eigenvalue weighted by molar-refractivity contribution is 9.10. The molecule has 0 aliphatic rings. The lowest BCUT2D eigenvalue weighted by atomic mass is 10.2. The third kappa shape index (κ3) is 2.64. The molecule has 0 saturated heterocycles. The number of benzene rings is 1. The fourth-order valence-corrected chi connectivity index (χ4v) is 2.44. The molecule has 0 saturated carbocycles. The van der Waals surface area contributed by atoms with Gasteiger partial charge in [0, 0.05) is 25.0 Å². The van der Waals surface area contributed by atoms with Gasteiger partial charge >= 0.3 is 0 Å². The molecule has 2 aromatic rings. The summed E-state index contributed by atoms with van der Waals surface area (Å²) in [6.45, 7) is 2.02. The van der Waals surface area contributed by atoms with Gasteiger partial charge < -0.3 is 9.64 Å². The van der Waals surface area contributed by atoms with Crippen molar-refractivity contribution in [3.63, 3.8) is 0 Å². The fourth-order valence-electron chi connectivity index (χ4n) is 1.71. The second-order valence-corrected chi connectivity index (χ2v) is 4.93. The summed E-state index contributed by atoms with van der Waals surface area (Å²) in [6, 6.07) is 9.95. The summed E-state index contributed by atoms with van der Waals surface area (Å²) < 4.78 is 6.21. The first-order chi connectivity index (χ1) is 8.61. The monoisotopic (exact) mass is 306 g/mol. The molecule has 3 nitrogen and oxygen atoms in total. The highest BCUT2D eigenvalue weighted by Gasteiger charge is 2.10. The van der Waals surface area contributed by atoms with Gasteiger partial charge in [0.2, 0.25) is 0 Å². The number of anilines is 2. The molecule has 0 bridgehead atoms. The van der Waals surface area contributed by atoms with Crippen molar-refractivity contribution in [1.29, 1.82) is 0 Å². The Balaban J connectivity index is 2.37. The third-order valence-electron chi connectivity index (χ3n) is 2.72. The Hall–Kier alpha value is -1.55. The van der Waals surface area contributed by atoms with Crippen molar-refractivity contribution in [2.24, 2.45) is 0 Å². The van der Waals surface area contributed by atoms with E-state index in [0.717, 1.165) is 27.3 Å². The molecule has 1 aromatic heterocycles. The van der Waals surface area contributed by atoms with E-state index in [0.29, 0.717) is 0 Å². The van der Waals surface area contributed by atoms with Crippen LogP contribution < -0.4 is 9.64 Å². The van der Waals surface area contributed by atoms with Crippen LogP contribution in [0.5, 0.6) is 5.75 Å². The summed E-state index contributed by atoms with van der Waals surface area (Å²) in [7, 11) is 3.65. The van der Waals surface area contributed by atoms with Gasteiger partial charge in [0.05, 0.1) is 11.6 Å². The van der Waals surface area contributed by atoms with E-state index in [1.54, 1.807) is 7.11 Å². The lowest BCUT2D eigenvalue weighted by Gasteiger charge is -2.20. The Labute approximate surface area is 116 Å². The number of rotatable bonds is 3. The number of hydrogen-bond donors (Lipinski definition) is 0. The summed E-state index contributed by atoms with van der Waals surface area (Å²) in [5.41, 5.74) is 2.16. The number of ether oxygens (including phenoxy) is 1.